The average molecular weight is 396 g/mol. The molecule has 0 aliphatic heterocycles. The molecule has 0 atom stereocenters. The maximum absolute atomic E-state index is 12.9. The smallest absolute Gasteiger partial charge is 0.216 e. The molecule has 1 N–H and O–H groups in total. The molecule has 0 bridgehead atoms. The zero-order chi connectivity index (χ0) is 17.9. The minimum Gasteiger partial charge on any atom is -0.288 e. The van der Waals surface area contributed by atoms with Crippen molar-refractivity contribution in [1.29, 1.82) is 0 Å². The van der Waals surface area contributed by atoms with Crippen molar-refractivity contribution >= 4 is 38.5 Å². The summed E-state index contributed by atoms with van der Waals surface area (Å²) < 4.78 is 39.6. The summed E-state index contributed by atoms with van der Waals surface area (Å²) in [6, 6.07) is 10.5. The Morgan fingerprint density at radius 3 is 2.52 bits per heavy atom. The first-order valence-electron chi connectivity index (χ1n) is 7.30. The van der Waals surface area contributed by atoms with Gasteiger partial charge in [-0.05, 0) is 41.3 Å². The molecule has 0 radical (unpaired) electrons. The van der Waals surface area contributed by atoms with E-state index in [2.05, 4.69) is 4.72 Å². The standard InChI is InChI=1S/C17H14FNO3S3/c18-14-3-1-12(2-4-14)11-25(21,22)19-9-15-5-6-16(24-15)17(20)13-7-8-23-10-13/h1-8,10,19H,9,11H2. The van der Waals surface area contributed by atoms with Crippen molar-refractivity contribution in [1.82, 2.24) is 4.72 Å². The Labute approximate surface area is 153 Å². The summed E-state index contributed by atoms with van der Waals surface area (Å²) in [5, 5.41) is 3.62. The van der Waals surface area contributed by atoms with Gasteiger partial charge < -0.3 is 0 Å². The van der Waals surface area contributed by atoms with Crippen LogP contribution in [-0.4, -0.2) is 14.2 Å². The largest absolute Gasteiger partial charge is 0.288 e. The van der Waals surface area contributed by atoms with Crippen LogP contribution in [0.3, 0.4) is 0 Å². The lowest BCUT2D eigenvalue weighted by Gasteiger charge is -2.05. The first kappa shape index (κ1) is 17.9. The van der Waals surface area contributed by atoms with Gasteiger partial charge in [-0.1, -0.05) is 12.1 Å². The van der Waals surface area contributed by atoms with Gasteiger partial charge in [-0.2, -0.15) is 11.3 Å². The van der Waals surface area contributed by atoms with Crippen LogP contribution in [0, 0.1) is 5.82 Å². The van der Waals surface area contributed by atoms with Crippen molar-refractivity contribution in [3.63, 3.8) is 0 Å². The fraction of sp³-hybridized carbons (Fsp3) is 0.118. The molecule has 130 valence electrons. The van der Waals surface area contributed by atoms with Crippen LogP contribution in [0.4, 0.5) is 4.39 Å². The summed E-state index contributed by atoms with van der Waals surface area (Å²) in [6.45, 7) is 0.116. The average Bonchev–Trinajstić information content (AvgIpc) is 3.26. The van der Waals surface area contributed by atoms with E-state index in [0.29, 0.717) is 16.0 Å². The van der Waals surface area contributed by atoms with Gasteiger partial charge in [0.1, 0.15) is 5.82 Å². The fourth-order valence-electron chi connectivity index (χ4n) is 2.16. The van der Waals surface area contributed by atoms with Crippen LogP contribution >= 0.6 is 22.7 Å². The van der Waals surface area contributed by atoms with Crippen LogP contribution in [0.1, 0.15) is 25.7 Å². The topological polar surface area (TPSA) is 63.2 Å². The fourth-order valence-corrected chi connectivity index (χ4v) is 4.91. The third-order valence-corrected chi connectivity index (χ3v) is 6.47. The van der Waals surface area contributed by atoms with Crippen LogP contribution in [0.2, 0.25) is 0 Å². The number of nitrogens with one attached hydrogen (secondary N) is 1. The lowest BCUT2D eigenvalue weighted by Crippen LogP contribution is -2.24. The molecule has 0 fully saturated rings. The molecule has 8 heteroatoms. The molecular formula is C17H14FNO3S3. The third-order valence-electron chi connectivity index (χ3n) is 3.41. The monoisotopic (exact) mass is 395 g/mol. The first-order valence-corrected chi connectivity index (χ1v) is 10.7. The van der Waals surface area contributed by atoms with Crippen molar-refractivity contribution < 1.29 is 17.6 Å². The van der Waals surface area contributed by atoms with Crippen molar-refractivity contribution in [2.45, 2.75) is 12.3 Å². The first-order chi connectivity index (χ1) is 11.9. The van der Waals surface area contributed by atoms with Gasteiger partial charge in [0.05, 0.1) is 10.6 Å². The Kier molecular flexibility index (Phi) is 5.43. The Morgan fingerprint density at radius 1 is 1.08 bits per heavy atom. The van der Waals surface area contributed by atoms with Crippen LogP contribution in [0.5, 0.6) is 0 Å². The number of hydrogen-bond donors (Lipinski definition) is 1. The van der Waals surface area contributed by atoms with Gasteiger partial charge in [-0.3, -0.25) is 4.79 Å². The number of rotatable bonds is 7. The second kappa shape index (κ2) is 7.57. The molecule has 0 amide bonds. The summed E-state index contributed by atoms with van der Waals surface area (Å²) in [5.74, 6) is -0.693. The zero-order valence-electron chi connectivity index (χ0n) is 12.9. The highest BCUT2D eigenvalue weighted by Crippen LogP contribution is 2.21. The number of carbonyl (C=O) groups is 1. The van der Waals surface area contributed by atoms with Crippen LogP contribution < -0.4 is 4.72 Å². The van der Waals surface area contributed by atoms with Crippen molar-refractivity contribution in [2.75, 3.05) is 0 Å². The maximum Gasteiger partial charge on any atom is 0.216 e. The summed E-state index contributed by atoms with van der Waals surface area (Å²) in [7, 11) is -3.55. The third kappa shape index (κ3) is 4.82. The number of carbonyl (C=O) groups excluding carboxylic acids is 1. The molecule has 0 spiro atoms. The molecule has 0 saturated carbocycles. The number of hydrogen-bond acceptors (Lipinski definition) is 5. The van der Waals surface area contributed by atoms with Gasteiger partial charge in [0, 0.05) is 22.4 Å². The highest BCUT2D eigenvalue weighted by Gasteiger charge is 2.15. The van der Waals surface area contributed by atoms with E-state index < -0.39 is 15.8 Å². The highest BCUT2D eigenvalue weighted by molar-refractivity contribution is 7.88. The minimum atomic E-state index is -3.55. The molecule has 0 aliphatic carbocycles. The van der Waals surface area contributed by atoms with Gasteiger partial charge in [-0.15, -0.1) is 11.3 Å². The van der Waals surface area contributed by atoms with E-state index in [1.165, 1.54) is 46.9 Å². The molecule has 0 unspecified atom stereocenters. The number of benzene rings is 1. The van der Waals surface area contributed by atoms with Crippen molar-refractivity contribution in [2.24, 2.45) is 0 Å². The number of sulfonamides is 1. The van der Waals surface area contributed by atoms with Gasteiger partial charge in [0.15, 0.2) is 0 Å². The molecule has 2 aromatic heterocycles. The number of ketones is 1. The molecule has 1 aromatic carbocycles. The molecule has 4 nitrogen and oxygen atoms in total. The normalized spacial score (nSPS) is 11.6. The van der Waals surface area contributed by atoms with E-state index in [1.807, 2.05) is 5.38 Å². The van der Waals surface area contributed by atoms with E-state index >= 15 is 0 Å². The van der Waals surface area contributed by atoms with Gasteiger partial charge in [0.25, 0.3) is 0 Å². The predicted molar refractivity (Wildman–Crippen MR) is 97.9 cm³/mol. The molecule has 3 aromatic rings. The van der Waals surface area contributed by atoms with Gasteiger partial charge in [0.2, 0.25) is 15.8 Å². The van der Waals surface area contributed by atoms with E-state index in [0.717, 1.165) is 4.88 Å². The molecule has 0 saturated heterocycles. The summed E-state index contributed by atoms with van der Waals surface area (Å²) in [6.07, 6.45) is 0. The Balaban J connectivity index is 1.61. The lowest BCUT2D eigenvalue weighted by molar-refractivity contribution is 0.104. The Hall–Kier alpha value is -1.87. The van der Waals surface area contributed by atoms with Crippen LogP contribution in [0.25, 0.3) is 0 Å². The predicted octanol–water partition coefficient (Wildman–Crippen LogP) is 3.80. The van der Waals surface area contributed by atoms with Gasteiger partial charge in [-0.25, -0.2) is 17.5 Å². The maximum atomic E-state index is 12.9. The van der Waals surface area contributed by atoms with E-state index in [-0.39, 0.29) is 18.1 Å². The second-order valence-electron chi connectivity index (χ2n) is 5.31. The van der Waals surface area contributed by atoms with Crippen LogP contribution in [0.15, 0.2) is 53.2 Å². The number of halogens is 1. The van der Waals surface area contributed by atoms with E-state index in [1.54, 1.807) is 23.6 Å². The van der Waals surface area contributed by atoms with Crippen LogP contribution in [-0.2, 0) is 22.3 Å². The summed E-state index contributed by atoms with van der Waals surface area (Å²) in [5.41, 5.74) is 1.14. The van der Waals surface area contributed by atoms with E-state index in [9.17, 15) is 17.6 Å². The van der Waals surface area contributed by atoms with Crippen molar-refractivity contribution in [3.05, 3.63) is 79.9 Å². The molecule has 2 heterocycles. The quantitative estimate of drug-likeness (QED) is 0.619. The van der Waals surface area contributed by atoms with E-state index in [4.69, 9.17) is 0 Å². The zero-order valence-corrected chi connectivity index (χ0v) is 15.4. The number of thiophene rings is 2. The Morgan fingerprint density at radius 2 is 1.84 bits per heavy atom. The summed E-state index contributed by atoms with van der Waals surface area (Å²) >= 11 is 2.72. The molecule has 0 aliphatic rings. The summed E-state index contributed by atoms with van der Waals surface area (Å²) in [4.78, 5) is 13.6. The minimum absolute atomic E-state index is 0.0633. The molecular weight excluding hydrogens is 381 g/mol. The lowest BCUT2D eigenvalue weighted by atomic mass is 10.2. The second-order valence-corrected chi connectivity index (χ2v) is 9.07. The SMILES string of the molecule is O=C(c1ccsc1)c1ccc(CNS(=O)(=O)Cc2ccc(F)cc2)s1. The molecule has 25 heavy (non-hydrogen) atoms. The van der Waals surface area contributed by atoms with Gasteiger partial charge >= 0.3 is 0 Å². The molecule has 3 rings (SSSR count). The highest BCUT2D eigenvalue weighted by atomic mass is 32.2. The Bertz CT molecular complexity index is 961. The van der Waals surface area contributed by atoms with Crippen molar-refractivity contribution in [3.8, 4) is 0 Å².